The molecule has 0 fully saturated rings. The Morgan fingerprint density at radius 2 is 0.692 bits per heavy atom. The van der Waals surface area contributed by atoms with Gasteiger partial charge in [0, 0.05) is 0 Å². The second kappa shape index (κ2) is 17.2. The van der Waals surface area contributed by atoms with Crippen LogP contribution in [0.15, 0.2) is 72.8 Å². The molecular formula is C36H34O16. The average Bonchev–Trinajstić information content (AvgIpc) is 3.15. The molecule has 0 saturated heterocycles. The first-order chi connectivity index (χ1) is 24.9. The van der Waals surface area contributed by atoms with Crippen LogP contribution in [0.3, 0.4) is 0 Å². The summed E-state index contributed by atoms with van der Waals surface area (Å²) in [6, 6.07) is 14.4. The van der Waals surface area contributed by atoms with E-state index in [0.29, 0.717) is 0 Å². The molecule has 0 amide bonds. The minimum Gasteiger partial charge on any atom is -0.504 e. The van der Waals surface area contributed by atoms with E-state index in [1.54, 1.807) is 0 Å². The molecule has 52 heavy (non-hydrogen) atoms. The molecule has 0 aromatic heterocycles. The fraction of sp³-hybridized carbons (Fsp3) is 0.222. The van der Waals surface area contributed by atoms with Gasteiger partial charge in [-0.25, -0.2) is 19.2 Å². The van der Waals surface area contributed by atoms with Gasteiger partial charge in [-0.3, -0.25) is 0 Å². The number of carbonyl (C=O) groups excluding carboxylic acids is 4. The molecule has 0 bridgehead atoms. The highest BCUT2D eigenvalue weighted by molar-refractivity contribution is 5.92. The Morgan fingerprint density at radius 3 is 0.942 bits per heavy atom. The van der Waals surface area contributed by atoms with Gasteiger partial charge in [-0.1, -0.05) is 0 Å². The van der Waals surface area contributed by atoms with Crippen LogP contribution in [-0.4, -0.2) is 98.2 Å². The van der Waals surface area contributed by atoms with Gasteiger partial charge in [-0.2, -0.15) is 0 Å². The smallest absolute Gasteiger partial charge is 0.338 e. The van der Waals surface area contributed by atoms with Gasteiger partial charge in [0.25, 0.3) is 0 Å². The Bertz CT molecular complexity index is 1800. The van der Waals surface area contributed by atoms with Crippen LogP contribution in [-0.2, 0) is 18.9 Å². The number of methoxy groups -OCH3 is 4. The van der Waals surface area contributed by atoms with Crippen LogP contribution < -0.4 is 18.9 Å². The zero-order chi connectivity index (χ0) is 37.9. The number of ether oxygens (including phenoxy) is 8. The van der Waals surface area contributed by atoms with Crippen molar-refractivity contribution in [2.45, 2.75) is 12.2 Å². The van der Waals surface area contributed by atoms with E-state index in [4.69, 9.17) is 37.9 Å². The number of esters is 4. The Labute approximate surface area is 296 Å². The zero-order valence-corrected chi connectivity index (χ0v) is 28.2. The van der Waals surface area contributed by atoms with E-state index in [2.05, 4.69) is 0 Å². The molecule has 0 spiro atoms. The lowest BCUT2D eigenvalue weighted by Crippen LogP contribution is -2.42. The van der Waals surface area contributed by atoms with E-state index in [-0.39, 0.29) is 68.2 Å². The van der Waals surface area contributed by atoms with Gasteiger partial charge in [-0.05, 0) is 72.8 Å². The zero-order valence-electron chi connectivity index (χ0n) is 28.2. The molecule has 274 valence electrons. The molecule has 2 atom stereocenters. The third-order valence-corrected chi connectivity index (χ3v) is 7.35. The standard InChI is InChI=1S/C36H34O16/c1-45-27-13-19(5-9-23(27)37)33(41)49-17-31(51-35(43)21-7-11-25(39)29(15-21)47-3)32(52-36(44)22-8-12-26(40)30(16-22)48-4)18-50-34(42)20-6-10-24(38)28(14-20)46-2/h5-16,31-32,37-40H,17-18H2,1-4H3/t31-,32+. The number of hydrogen-bond donors (Lipinski definition) is 4. The molecule has 0 radical (unpaired) electrons. The summed E-state index contributed by atoms with van der Waals surface area (Å²) in [5, 5.41) is 39.9. The SMILES string of the molecule is COc1cc(C(=O)OC[C@H](OC(=O)c2ccc(O)c(OC)c2)[C@@H](COC(=O)c2ccc(O)c(OC)c2)OC(=O)c2ccc(O)c(OC)c2)ccc1O. The van der Waals surface area contributed by atoms with Crippen molar-refractivity contribution in [1.82, 2.24) is 0 Å². The highest BCUT2D eigenvalue weighted by Gasteiger charge is 2.34. The number of phenols is 4. The maximum atomic E-state index is 13.4. The van der Waals surface area contributed by atoms with Crippen molar-refractivity contribution in [2.24, 2.45) is 0 Å². The molecule has 0 aliphatic carbocycles. The summed E-state index contributed by atoms with van der Waals surface area (Å²) in [4.78, 5) is 53.1. The first-order valence-electron chi connectivity index (χ1n) is 15.1. The highest BCUT2D eigenvalue weighted by atomic mass is 16.6. The van der Waals surface area contributed by atoms with Crippen LogP contribution in [0.1, 0.15) is 41.4 Å². The molecule has 0 aliphatic heterocycles. The number of hydrogen-bond acceptors (Lipinski definition) is 16. The van der Waals surface area contributed by atoms with Gasteiger partial charge in [-0.15, -0.1) is 0 Å². The van der Waals surface area contributed by atoms with Crippen molar-refractivity contribution in [1.29, 1.82) is 0 Å². The van der Waals surface area contributed by atoms with E-state index in [1.807, 2.05) is 0 Å². The molecule has 0 unspecified atom stereocenters. The van der Waals surface area contributed by atoms with E-state index in [1.165, 1.54) is 101 Å². The van der Waals surface area contributed by atoms with Gasteiger partial charge in [0.15, 0.2) is 58.2 Å². The number of carbonyl (C=O) groups is 4. The van der Waals surface area contributed by atoms with E-state index < -0.39 is 49.3 Å². The lowest BCUT2D eigenvalue weighted by atomic mass is 10.1. The predicted molar refractivity (Wildman–Crippen MR) is 178 cm³/mol. The summed E-state index contributed by atoms with van der Waals surface area (Å²) in [6.45, 7) is -1.55. The van der Waals surface area contributed by atoms with Crippen LogP contribution >= 0.6 is 0 Å². The lowest BCUT2D eigenvalue weighted by Gasteiger charge is -2.27. The van der Waals surface area contributed by atoms with Crippen molar-refractivity contribution in [3.8, 4) is 46.0 Å². The summed E-state index contributed by atoms with van der Waals surface area (Å²) in [6.07, 6.45) is -3.33. The van der Waals surface area contributed by atoms with Crippen LogP contribution in [0.2, 0.25) is 0 Å². The van der Waals surface area contributed by atoms with Crippen LogP contribution in [0.4, 0.5) is 0 Å². The third-order valence-electron chi connectivity index (χ3n) is 7.35. The van der Waals surface area contributed by atoms with Crippen molar-refractivity contribution in [2.75, 3.05) is 41.7 Å². The van der Waals surface area contributed by atoms with Crippen molar-refractivity contribution >= 4 is 23.9 Å². The lowest BCUT2D eigenvalue weighted by molar-refractivity contribution is -0.0753. The first kappa shape index (κ1) is 38.0. The topological polar surface area (TPSA) is 223 Å². The second-order valence-corrected chi connectivity index (χ2v) is 10.6. The summed E-state index contributed by atoms with van der Waals surface area (Å²) in [5.41, 5.74) is -0.396. The van der Waals surface area contributed by atoms with Gasteiger partial charge in [0.05, 0.1) is 50.7 Å². The molecule has 16 heteroatoms. The summed E-state index contributed by atoms with van der Waals surface area (Å²) < 4.78 is 42.4. The fourth-order valence-corrected chi connectivity index (χ4v) is 4.55. The molecule has 0 aliphatic rings. The van der Waals surface area contributed by atoms with E-state index in [9.17, 15) is 39.6 Å². The minimum atomic E-state index is -1.67. The van der Waals surface area contributed by atoms with Crippen LogP contribution in [0.5, 0.6) is 46.0 Å². The Hall–Kier alpha value is -6.84. The number of phenolic OH excluding ortho intramolecular Hbond substituents is 4. The molecule has 0 saturated carbocycles. The quantitative estimate of drug-likeness (QED) is 0.100. The molecular weight excluding hydrogens is 688 g/mol. The van der Waals surface area contributed by atoms with Crippen molar-refractivity contribution in [3.63, 3.8) is 0 Å². The monoisotopic (exact) mass is 722 g/mol. The fourth-order valence-electron chi connectivity index (χ4n) is 4.55. The van der Waals surface area contributed by atoms with Gasteiger partial charge in [0.1, 0.15) is 13.2 Å². The Kier molecular flexibility index (Phi) is 12.6. The summed E-state index contributed by atoms with van der Waals surface area (Å²) >= 11 is 0. The molecule has 4 aromatic rings. The van der Waals surface area contributed by atoms with Gasteiger partial charge >= 0.3 is 23.9 Å². The van der Waals surface area contributed by atoms with Crippen molar-refractivity contribution < 1.29 is 77.5 Å². The maximum absolute atomic E-state index is 13.4. The normalized spacial score (nSPS) is 11.7. The second-order valence-electron chi connectivity index (χ2n) is 10.6. The molecule has 0 heterocycles. The molecule has 4 N–H and O–H groups in total. The highest BCUT2D eigenvalue weighted by Crippen LogP contribution is 2.30. The van der Waals surface area contributed by atoms with E-state index in [0.717, 1.165) is 0 Å². The largest absolute Gasteiger partial charge is 0.504 e. The predicted octanol–water partition coefficient (Wildman–Crippen LogP) is 4.01. The van der Waals surface area contributed by atoms with Gasteiger partial charge in [0.2, 0.25) is 0 Å². The molecule has 4 aromatic carbocycles. The van der Waals surface area contributed by atoms with Crippen molar-refractivity contribution in [3.05, 3.63) is 95.1 Å². The summed E-state index contributed by atoms with van der Waals surface area (Å²) in [5.74, 6) is -5.28. The van der Waals surface area contributed by atoms with Crippen LogP contribution in [0.25, 0.3) is 0 Å². The third kappa shape index (κ3) is 9.23. The maximum Gasteiger partial charge on any atom is 0.338 e. The average molecular weight is 723 g/mol. The van der Waals surface area contributed by atoms with Gasteiger partial charge < -0.3 is 58.3 Å². The first-order valence-corrected chi connectivity index (χ1v) is 15.1. The summed E-state index contributed by atoms with van der Waals surface area (Å²) in [7, 11) is 5.07. The minimum absolute atomic E-state index is 0.0346. The Balaban J connectivity index is 1.70. The number of rotatable bonds is 15. The molecule has 4 rings (SSSR count). The number of aromatic hydroxyl groups is 4. The Morgan fingerprint density at radius 1 is 0.442 bits per heavy atom. The molecule has 16 nitrogen and oxygen atoms in total. The van der Waals surface area contributed by atoms with Crippen LogP contribution in [0, 0.1) is 0 Å². The number of benzene rings is 4. The van der Waals surface area contributed by atoms with E-state index >= 15 is 0 Å².